The van der Waals surface area contributed by atoms with Gasteiger partial charge in [-0.3, -0.25) is 4.79 Å². The molecule has 0 radical (unpaired) electrons. The number of rotatable bonds is 4. The molecule has 27 heavy (non-hydrogen) atoms. The fourth-order valence-corrected chi connectivity index (χ4v) is 3.46. The van der Waals surface area contributed by atoms with E-state index in [1.165, 1.54) is 0 Å². The molecule has 1 saturated carbocycles. The van der Waals surface area contributed by atoms with Crippen LogP contribution in [-0.4, -0.2) is 32.2 Å². The van der Waals surface area contributed by atoms with Crippen molar-refractivity contribution in [3.63, 3.8) is 0 Å². The highest BCUT2D eigenvalue weighted by Gasteiger charge is 2.32. The molecule has 1 aliphatic rings. The van der Waals surface area contributed by atoms with Crippen molar-refractivity contribution in [2.24, 2.45) is 5.92 Å². The molecule has 2 aromatic rings. The summed E-state index contributed by atoms with van der Waals surface area (Å²) in [7, 11) is 0. The first-order chi connectivity index (χ1) is 12.7. The molecule has 0 atom stereocenters. The summed E-state index contributed by atoms with van der Waals surface area (Å²) in [6, 6.07) is 2.67. The minimum Gasteiger partial charge on any atom is -0.349 e. The highest BCUT2D eigenvalue weighted by atomic mass is 35.5. The highest BCUT2D eigenvalue weighted by Crippen LogP contribution is 2.32. The van der Waals surface area contributed by atoms with Crippen molar-refractivity contribution in [3.05, 3.63) is 40.2 Å². The molecule has 146 valence electrons. The van der Waals surface area contributed by atoms with Crippen LogP contribution in [0.4, 0.5) is 13.2 Å². The van der Waals surface area contributed by atoms with E-state index in [2.05, 4.69) is 20.7 Å². The molecule has 1 aliphatic carbocycles. The van der Waals surface area contributed by atoms with Crippen molar-refractivity contribution in [3.8, 4) is 0 Å². The Hall–Kier alpha value is -2.16. The monoisotopic (exact) mass is 401 g/mol. The van der Waals surface area contributed by atoms with Crippen molar-refractivity contribution in [2.75, 3.05) is 0 Å². The minimum atomic E-state index is -4.52. The van der Waals surface area contributed by atoms with Crippen LogP contribution in [0.25, 0.3) is 0 Å². The molecule has 0 unspecified atom stereocenters. The lowest BCUT2D eigenvalue weighted by Gasteiger charge is -2.28. The van der Waals surface area contributed by atoms with Gasteiger partial charge in [0, 0.05) is 6.04 Å². The number of carbonyl (C=O) groups excluding carboxylic acids is 1. The fraction of sp³-hybridized carbons (Fsp3) is 0.529. The van der Waals surface area contributed by atoms with Crippen LogP contribution in [0.5, 0.6) is 0 Å². The lowest BCUT2D eigenvalue weighted by Crippen LogP contribution is -2.38. The maximum absolute atomic E-state index is 12.9. The number of halogens is 4. The molecule has 10 heteroatoms. The van der Waals surface area contributed by atoms with Crippen LogP contribution in [0.1, 0.15) is 47.4 Å². The molecule has 1 heterocycles. The average Bonchev–Trinajstić information content (AvgIpc) is 3.01. The van der Waals surface area contributed by atoms with Gasteiger partial charge in [-0.25, -0.2) is 0 Å². The summed E-state index contributed by atoms with van der Waals surface area (Å²) >= 11 is 5.92. The van der Waals surface area contributed by atoms with E-state index >= 15 is 0 Å². The van der Waals surface area contributed by atoms with E-state index in [9.17, 15) is 18.0 Å². The summed E-state index contributed by atoms with van der Waals surface area (Å²) in [6.45, 7) is 2.44. The second-order valence-corrected chi connectivity index (χ2v) is 7.18. The molecule has 1 aromatic carbocycles. The molecule has 0 saturated heterocycles. The summed E-state index contributed by atoms with van der Waals surface area (Å²) in [5, 5.41) is 14.8. The minimum absolute atomic E-state index is 0.00168. The van der Waals surface area contributed by atoms with Gasteiger partial charge in [0.1, 0.15) is 0 Å². The van der Waals surface area contributed by atoms with Gasteiger partial charge >= 0.3 is 6.18 Å². The van der Waals surface area contributed by atoms with Crippen molar-refractivity contribution in [1.82, 2.24) is 25.5 Å². The number of nitrogens with zero attached hydrogens (tertiary/aromatic N) is 4. The summed E-state index contributed by atoms with van der Waals surface area (Å²) < 4.78 is 38.6. The standard InChI is InChI=1S/C17H19ClF3N5O/c1-10-23-25-26(24-10)9-11-2-5-13(6-3-11)22-16(27)14-8-12(17(19,20)21)4-7-15(14)18/h4,7-8,11,13H,2-3,5-6,9H2,1H3,(H,22,27)/t11-,13-. The molecule has 1 aromatic heterocycles. The third kappa shape index (κ3) is 4.97. The van der Waals surface area contributed by atoms with Gasteiger partial charge in [-0.2, -0.15) is 18.0 Å². The van der Waals surface area contributed by atoms with Gasteiger partial charge in [0.2, 0.25) is 0 Å². The number of aryl methyl sites for hydroxylation is 1. The molecular formula is C17H19ClF3N5O. The van der Waals surface area contributed by atoms with Crippen LogP contribution in [0.2, 0.25) is 5.02 Å². The van der Waals surface area contributed by atoms with Gasteiger partial charge in [0.25, 0.3) is 5.91 Å². The quantitative estimate of drug-likeness (QED) is 0.848. The molecule has 1 N–H and O–H groups in total. The maximum Gasteiger partial charge on any atom is 0.416 e. The molecule has 0 aliphatic heterocycles. The van der Waals surface area contributed by atoms with Crippen molar-refractivity contribution < 1.29 is 18.0 Å². The van der Waals surface area contributed by atoms with Gasteiger partial charge in [0.15, 0.2) is 5.82 Å². The Balaban J connectivity index is 1.56. The lowest BCUT2D eigenvalue weighted by molar-refractivity contribution is -0.137. The first kappa shape index (κ1) is 19.6. The normalized spacial score (nSPS) is 20.5. The zero-order chi connectivity index (χ0) is 19.6. The number of carbonyl (C=O) groups is 1. The topological polar surface area (TPSA) is 72.7 Å². The Labute approximate surface area is 159 Å². The zero-order valence-electron chi connectivity index (χ0n) is 14.6. The Kier molecular flexibility index (Phi) is 5.69. The number of tetrazole rings is 1. The van der Waals surface area contributed by atoms with Gasteiger partial charge < -0.3 is 5.32 Å². The van der Waals surface area contributed by atoms with Crippen LogP contribution in [0, 0.1) is 12.8 Å². The summed E-state index contributed by atoms with van der Waals surface area (Å²) in [5.41, 5.74) is -1.05. The van der Waals surface area contributed by atoms with Crippen LogP contribution < -0.4 is 5.32 Å². The number of nitrogens with one attached hydrogen (secondary N) is 1. The van der Waals surface area contributed by atoms with Crippen LogP contribution >= 0.6 is 11.6 Å². The number of alkyl halides is 3. The third-order valence-electron chi connectivity index (χ3n) is 4.69. The molecule has 1 amide bonds. The van der Waals surface area contributed by atoms with Crippen LogP contribution in [0.3, 0.4) is 0 Å². The first-order valence-electron chi connectivity index (χ1n) is 8.64. The Morgan fingerprint density at radius 2 is 2.00 bits per heavy atom. The van der Waals surface area contributed by atoms with E-state index in [-0.39, 0.29) is 16.6 Å². The Bertz CT molecular complexity index is 815. The summed E-state index contributed by atoms with van der Waals surface area (Å²) in [4.78, 5) is 14.0. The van der Waals surface area contributed by atoms with Crippen LogP contribution in [-0.2, 0) is 12.7 Å². The second kappa shape index (κ2) is 7.84. The van der Waals surface area contributed by atoms with Crippen molar-refractivity contribution >= 4 is 17.5 Å². The van der Waals surface area contributed by atoms with E-state index in [0.717, 1.165) is 43.9 Å². The van der Waals surface area contributed by atoms with E-state index in [1.807, 2.05) is 0 Å². The van der Waals surface area contributed by atoms with Gasteiger partial charge in [-0.15, -0.1) is 10.2 Å². The Morgan fingerprint density at radius 1 is 1.30 bits per heavy atom. The Morgan fingerprint density at radius 3 is 2.59 bits per heavy atom. The lowest BCUT2D eigenvalue weighted by atomic mass is 9.86. The number of aromatic nitrogens is 4. The molecular weight excluding hydrogens is 383 g/mol. The smallest absolute Gasteiger partial charge is 0.349 e. The third-order valence-corrected chi connectivity index (χ3v) is 5.02. The predicted octanol–water partition coefficient (Wildman–Crippen LogP) is 3.64. The number of hydrogen-bond donors (Lipinski definition) is 1. The highest BCUT2D eigenvalue weighted by molar-refractivity contribution is 6.33. The number of amides is 1. The number of hydrogen-bond acceptors (Lipinski definition) is 4. The maximum atomic E-state index is 12.9. The fourth-order valence-electron chi connectivity index (χ4n) is 3.26. The zero-order valence-corrected chi connectivity index (χ0v) is 15.4. The van der Waals surface area contributed by atoms with Crippen molar-refractivity contribution in [1.29, 1.82) is 0 Å². The molecule has 6 nitrogen and oxygen atoms in total. The predicted molar refractivity (Wildman–Crippen MR) is 92.2 cm³/mol. The number of benzene rings is 1. The van der Waals surface area contributed by atoms with E-state index in [4.69, 9.17) is 11.6 Å². The average molecular weight is 402 g/mol. The van der Waals surface area contributed by atoms with E-state index in [1.54, 1.807) is 11.7 Å². The van der Waals surface area contributed by atoms with Gasteiger partial charge in [0.05, 0.1) is 22.7 Å². The van der Waals surface area contributed by atoms with E-state index < -0.39 is 17.6 Å². The van der Waals surface area contributed by atoms with Gasteiger partial charge in [-0.1, -0.05) is 11.6 Å². The van der Waals surface area contributed by atoms with E-state index in [0.29, 0.717) is 18.3 Å². The second-order valence-electron chi connectivity index (χ2n) is 6.78. The van der Waals surface area contributed by atoms with Gasteiger partial charge in [-0.05, 0) is 61.9 Å². The molecule has 3 rings (SSSR count). The summed E-state index contributed by atoms with van der Waals surface area (Å²) in [6.07, 6.45) is -1.32. The summed E-state index contributed by atoms with van der Waals surface area (Å²) in [5.74, 6) is 0.418. The SMILES string of the molecule is Cc1nnn(C[C@H]2CC[C@H](NC(=O)c3cc(C(F)(F)F)ccc3Cl)CC2)n1. The largest absolute Gasteiger partial charge is 0.416 e. The van der Waals surface area contributed by atoms with Crippen molar-refractivity contribution in [2.45, 2.75) is 51.4 Å². The molecule has 1 fully saturated rings. The first-order valence-corrected chi connectivity index (χ1v) is 9.02. The molecule has 0 spiro atoms. The molecule has 0 bridgehead atoms. The van der Waals surface area contributed by atoms with Crippen LogP contribution in [0.15, 0.2) is 18.2 Å².